The molecule has 0 aliphatic heterocycles. The monoisotopic (exact) mass is 276 g/mol. The molecule has 0 spiro atoms. The largest absolute Gasteiger partial charge is 0.497 e. The Morgan fingerprint density at radius 3 is 2.79 bits per heavy atom. The third-order valence-electron chi connectivity index (χ3n) is 2.21. The molecule has 1 N–H and O–H groups in total. The predicted molar refractivity (Wildman–Crippen MR) is 65.0 cm³/mol. The number of benzene rings is 1. The first-order valence-electron chi connectivity index (χ1n) is 5.46. The molecule has 8 heteroatoms. The highest BCUT2D eigenvalue weighted by Crippen LogP contribution is 2.28. The average Bonchev–Trinajstić information content (AvgIpc) is 2.37. The zero-order valence-electron chi connectivity index (χ0n) is 10.3. The van der Waals surface area contributed by atoms with Gasteiger partial charge in [0.05, 0.1) is 18.6 Å². The summed E-state index contributed by atoms with van der Waals surface area (Å²) in [6.45, 7) is -0.443. The van der Waals surface area contributed by atoms with E-state index in [0.717, 1.165) is 0 Å². The summed E-state index contributed by atoms with van der Waals surface area (Å²) in [6, 6.07) is 4.24. The van der Waals surface area contributed by atoms with Crippen LogP contribution in [0.5, 0.6) is 5.75 Å². The lowest BCUT2D eigenvalue weighted by Crippen LogP contribution is -2.13. The lowest BCUT2D eigenvalue weighted by molar-refractivity contribution is -0.384. The molecule has 0 fully saturated rings. The summed E-state index contributed by atoms with van der Waals surface area (Å²) in [7, 11) is 1.44. The topological polar surface area (TPSA) is 73.6 Å². The standard InChI is InChI=1S/C11H14F2N2O4/c1-18-8-2-3-10(15(16)17)9(6-8)14-4-5-19-7-11(12)13/h2-3,6,11,14H,4-5,7H2,1H3. The molecular formula is C11H14F2N2O4. The molecule has 1 rings (SSSR count). The van der Waals surface area contributed by atoms with E-state index in [2.05, 4.69) is 10.1 Å². The Labute approximate surface area is 108 Å². The van der Waals surface area contributed by atoms with Gasteiger partial charge in [-0.25, -0.2) is 8.78 Å². The number of anilines is 1. The summed E-state index contributed by atoms with van der Waals surface area (Å²) in [6.07, 6.45) is -2.52. The molecule has 0 aliphatic carbocycles. The van der Waals surface area contributed by atoms with Crippen molar-refractivity contribution in [3.63, 3.8) is 0 Å². The highest BCUT2D eigenvalue weighted by Gasteiger charge is 2.14. The van der Waals surface area contributed by atoms with E-state index in [0.29, 0.717) is 5.75 Å². The number of ether oxygens (including phenoxy) is 2. The van der Waals surface area contributed by atoms with Gasteiger partial charge < -0.3 is 14.8 Å². The van der Waals surface area contributed by atoms with Crippen LogP contribution in [0.3, 0.4) is 0 Å². The third kappa shape index (κ3) is 5.04. The van der Waals surface area contributed by atoms with Gasteiger partial charge in [0.2, 0.25) is 0 Å². The van der Waals surface area contributed by atoms with Crippen LogP contribution in [0.4, 0.5) is 20.2 Å². The van der Waals surface area contributed by atoms with Crippen molar-refractivity contribution in [3.05, 3.63) is 28.3 Å². The van der Waals surface area contributed by atoms with Crippen LogP contribution in [-0.4, -0.2) is 38.2 Å². The molecule has 0 amide bonds. The number of nitrogens with one attached hydrogen (secondary N) is 1. The molecule has 0 bridgehead atoms. The van der Waals surface area contributed by atoms with Gasteiger partial charge in [0.25, 0.3) is 12.1 Å². The maximum atomic E-state index is 11.8. The number of nitro groups is 1. The molecule has 0 aliphatic rings. The summed E-state index contributed by atoms with van der Waals surface area (Å²) in [5.41, 5.74) is 0.139. The van der Waals surface area contributed by atoms with Crippen molar-refractivity contribution in [2.45, 2.75) is 6.43 Å². The number of alkyl halides is 2. The van der Waals surface area contributed by atoms with Gasteiger partial charge in [-0.15, -0.1) is 0 Å². The molecular weight excluding hydrogens is 262 g/mol. The third-order valence-corrected chi connectivity index (χ3v) is 2.21. The van der Waals surface area contributed by atoms with Gasteiger partial charge in [0.1, 0.15) is 18.0 Å². The van der Waals surface area contributed by atoms with E-state index in [-0.39, 0.29) is 24.5 Å². The van der Waals surface area contributed by atoms with E-state index in [9.17, 15) is 18.9 Å². The minimum atomic E-state index is -2.52. The molecule has 0 heterocycles. The van der Waals surface area contributed by atoms with E-state index >= 15 is 0 Å². The fraction of sp³-hybridized carbons (Fsp3) is 0.455. The molecule has 0 atom stereocenters. The van der Waals surface area contributed by atoms with Crippen molar-refractivity contribution in [3.8, 4) is 5.75 Å². The number of halogens is 2. The summed E-state index contributed by atoms with van der Waals surface area (Å²) >= 11 is 0. The van der Waals surface area contributed by atoms with Crippen LogP contribution in [0.25, 0.3) is 0 Å². The van der Waals surface area contributed by atoms with Gasteiger partial charge in [-0.05, 0) is 6.07 Å². The van der Waals surface area contributed by atoms with Crippen LogP contribution in [-0.2, 0) is 4.74 Å². The quantitative estimate of drug-likeness (QED) is 0.448. The van der Waals surface area contributed by atoms with Gasteiger partial charge in [0, 0.05) is 18.7 Å². The molecule has 0 saturated carbocycles. The average molecular weight is 276 g/mol. The Bertz CT molecular complexity index is 429. The molecule has 0 radical (unpaired) electrons. The van der Waals surface area contributed by atoms with Crippen LogP contribution in [0.2, 0.25) is 0 Å². The zero-order valence-corrected chi connectivity index (χ0v) is 10.3. The SMILES string of the molecule is COc1ccc([N+](=O)[O-])c(NCCOCC(F)F)c1. The fourth-order valence-electron chi connectivity index (χ4n) is 1.37. The lowest BCUT2D eigenvalue weighted by atomic mass is 10.2. The number of hydrogen-bond donors (Lipinski definition) is 1. The highest BCUT2D eigenvalue weighted by molar-refractivity contribution is 5.64. The van der Waals surface area contributed by atoms with E-state index in [1.165, 1.54) is 25.3 Å². The van der Waals surface area contributed by atoms with Crippen LogP contribution in [0, 0.1) is 10.1 Å². The van der Waals surface area contributed by atoms with Crippen LogP contribution >= 0.6 is 0 Å². The Kier molecular flexibility index (Phi) is 5.94. The zero-order chi connectivity index (χ0) is 14.3. The molecule has 0 aromatic heterocycles. The molecule has 1 aromatic rings. The summed E-state index contributed by atoms with van der Waals surface area (Å²) < 4.78 is 33.2. The smallest absolute Gasteiger partial charge is 0.292 e. The maximum absolute atomic E-state index is 11.8. The van der Waals surface area contributed by atoms with Crippen molar-refractivity contribution < 1.29 is 23.2 Å². The summed E-state index contributed by atoms with van der Waals surface area (Å²) in [5.74, 6) is 0.460. The van der Waals surface area contributed by atoms with Crippen LogP contribution in [0.1, 0.15) is 0 Å². The number of nitro benzene ring substituents is 1. The number of hydrogen-bond acceptors (Lipinski definition) is 5. The minimum Gasteiger partial charge on any atom is -0.497 e. The van der Waals surface area contributed by atoms with E-state index in [1.807, 2.05) is 0 Å². The first kappa shape index (κ1) is 15.1. The van der Waals surface area contributed by atoms with Crippen molar-refractivity contribution in [1.29, 1.82) is 0 Å². The minimum absolute atomic E-state index is 0.0265. The Morgan fingerprint density at radius 1 is 1.47 bits per heavy atom. The molecule has 0 unspecified atom stereocenters. The number of methoxy groups -OCH3 is 1. The summed E-state index contributed by atoms with van der Waals surface area (Å²) in [5, 5.41) is 13.5. The second-order valence-corrected chi connectivity index (χ2v) is 3.53. The number of rotatable bonds is 8. The Morgan fingerprint density at radius 2 is 2.21 bits per heavy atom. The maximum Gasteiger partial charge on any atom is 0.292 e. The second kappa shape index (κ2) is 7.47. The van der Waals surface area contributed by atoms with Crippen LogP contribution in [0.15, 0.2) is 18.2 Å². The van der Waals surface area contributed by atoms with E-state index in [1.54, 1.807) is 0 Å². The van der Waals surface area contributed by atoms with Gasteiger partial charge >= 0.3 is 0 Å². The fourth-order valence-corrected chi connectivity index (χ4v) is 1.37. The first-order chi connectivity index (χ1) is 9.04. The van der Waals surface area contributed by atoms with E-state index in [4.69, 9.17) is 4.74 Å². The van der Waals surface area contributed by atoms with Crippen LogP contribution < -0.4 is 10.1 Å². The van der Waals surface area contributed by atoms with Crippen molar-refractivity contribution in [1.82, 2.24) is 0 Å². The summed E-state index contributed by atoms with van der Waals surface area (Å²) in [4.78, 5) is 10.3. The van der Waals surface area contributed by atoms with E-state index < -0.39 is 18.0 Å². The normalized spacial score (nSPS) is 10.5. The van der Waals surface area contributed by atoms with Gasteiger partial charge in [-0.2, -0.15) is 0 Å². The number of nitrogens with zero attached hydrogens (tertiary/aromatic N) is 1. The molecule has 19 heavy (non-hydrogen) atoms. The van der Waals surface area contributed by atoms with Gasteiger partial charge in [0.15, 0.2) is 0 Å². The van der Waals surface area contributed by atoms with Gasteiger partial charge in [-0.3, -0.25) is 10.1 Å². The second-order valence-electron chi connectivity index (χ2n) is 3.53. The Hall–Kier alpha value is -1.96. The van der Waals surface area contributed by atoms with Crippen molar-refractivity contribution in [2.75, 3.05) is 32.2 Å². The molecule has 0 saturated heterocycles. The molecule has 1 aromatic carbocycles. The Balaban J connectivity index is 2.57. The predicted octanol–water partition coefficient (Wildman–Crippen LogP) is 2.30. The molecule has 106 valence electrons. The lowest BCUT2D eigenvalue weighted by Gasteiger charge is -2.09. The first-order valence-corrected chi connectivity index (χ1v) is 5.46. The highest BCUT2D eigenvalue weighted by atomic mass is 19.3. The van der Waals surface area contributed by atoms with Gasteiger partial charge in [-0.1, -0.05) is 0 Å². The van der Waals surface area contributed by atoms with Crippen molar-refractivity contribution in [2.24, 2.45) is 0 Å². The molecule has 6 nitrogen and oxygen atoms in total. The van der Waals surface area contributed by atoms with Crippen molar-refractivity contribution >= 4 is 11.4 Å².